The Morgan fingerprint density at radius 1 is 1.40 bits per heavy atom. The highest BCUT2D eigenvalue weighted by Crippen LogP contribution is 2.27. The Labute approximate surface area is 85.7 Å². The van der Waals surface area contributed by atoms with E-state index in [0.717, 1.165) is 6.92 Å². The van der Waals surface area contributed by atoms with Crippen LogP contribution in [0.3, 0.4) is 0 Å². The molecule has 0 saturated heterocycles. The van der Waals surface area contributed by atoms with Crippen LogP contribution in [0, 0.1) is 0 Å². The molecule has 0 atom stereocenters. The first-order chi connectivity index (χ1) is 6.89. The van der Waals surface area contributed by atoms with E-state index in [1.54, 1.807) is 0 Å². The molecular weight excluding hydrogens is 204 g/mol. The molecule has 0 fully saturated rings. The van der Waals surface area contributed by atoms with E-state index in [2.05, 4.69) is 5.32 Å². The van der Waals surface area contributed by atoms with E-state index in [0.29, 0.717) is 5.69 Å². The summed E-state index contributed by atoms with van der Waals surface area (Å²) < 4.78 is 25.6. The Morgan fingerprint density at radius 3 is 2.33 bits per heavy atom. The van der Waals surface area contributed by atoms with Crippen LogP contribution >= 0.6 is 0 Å². The van der Waals surface area contributed by atoms with E-state index in [4.69, 9.17) is 5.11 Å². The monoisotopic (exact) mass is 215 g/mol. The lowest BCUT2D eigenvalue weighted by atomic mass is 10.1. The summed E-state index contributed by atoms with van der Waals surface area (Å²) in [7, 11) is 0. The van der Waals surface area contributed by atoms with Gasteiger partial charge in [-0.15, -0.1) is 0 Å². The second-order valence-corrected chi connectivity index (χ2v) is 3.21. The number of hydrogen-bond donors (Lipinski definition) is 2. The predicted octanol–water partition coefficient (Wildman–Crippen LogP) is 2.29. The second-order valence-electron chi connectivity index (χ2n) is 3.21. The van der Waals surface area contributed by atoms with Crippen LogP contribution in [-0.4, -0.2) is 17.6 Å². The Morgan fingerprint density at radius 2 is 1.93 bits per heavy atom. The third kappa shape index (κ3) is 3.53. The Bertz CT molecular complexity index is 343. The number of benzene rings is 1. The zero-order valence-corrected chi connectivity index (χ0v) is 8.13. The van der Waals surface area contributed by atoms with Gasteiger partial charge in [0.15, 0.2) is 0 Å². The van der Waals surface area contributed by atoms with Gasteiger partial charge in [0.1, 0.15) is 6.54 Å². The minimum Gasteiger partial charge on any atom is -0.480 e. The van der Waals surface area contributed by atoms with Crippen LogP contribution in [0.4, 0.5) is 14.5 Å². The maximum Gasteiger partial charge on any atom is 0.322 e. The normalized spacial score (nSPS) is 11.1. The number of alkyl halides is 2. The number of nitrogens with one attached hydrogen (secondary N) is 1. The SMILES string of the molecule is CC(F)(F)c1ccc(NCC(=O)O)cc1. The van der Waals surface area contributed by atoms with Crippen LogP contribution in [0.25, 0.3) is 0 Å². The van der Waals surface area contributed by atoms with E-state index < -0.39 is 11.9 Å². The van der Waals surface area contributed by atoms with Crippen molar-refractivity contribution in [3.8, 4) is 0 Å². The molecule has 1 rings (SSSR count). The number of carbonyl (C=O) groups is 1. The molecule has 5 heteroatoms. The van der Waals surface area contributed by atoms with Crippen LogP contribution in [0.15, 0.2) is 24.3 Å². The molecule has 0 aliphatic carbocycles. The van der Waals surface area contributed by atoms with Crippen molar-refractivity contribution in [3.63, 3.8) is 0 Å². The minimum atomic E-state index is -2.87. The number of halogens is 2. The highest BCUT2D eigenvalue weighted by Gasteiger charge is 2.23. The van der Waals surface area contributed by atoms with Crippen LogP contribution in [0.5, 0.6) is 0 Å². The standard InChI is InChI=1S/C10H11F2NO2/c1-10(11,12)7-2-4-8(5-3-7)13-6-9(14)15/h2-5,13H,6H2,1H3,(H,14,15). The predicted molar refractivity (Wildman–Crippen MR) is 52.1 cm³/mol. The van der Waals surface area contributed by atoms with Gasteiger partial charge in [0.05, 0.1) is 0 Å². The smallest absolute Gasteiger partial charge is 0.322 e. The molecule has 0 spiro atoms. The largest absolute Gasteiger partial charge is 0.480 e. The molecule has 1 aromatic rings. The Hall–Kier alpha value is -1.65. The number of rotatable bonds is 4. The van der Waals surface area contributed by atoms with Gasteiger partial charge >= 0.3 is 5.97 Å². The summed E-state index contributed by atoms with van der Waals surface area (Å²) >= 11 is 0. The van der Waals surface area contributed by atoms with E-state index >= 15 is 0 Å². The molecule has 0 bridgehead atoms. The maximum absolute atomic E-state index is 12.8. The topological polar surface area (TPSA) is 49.3 Å². The van der Waals surface area contributed by atoms with Gasteiger partial charge in [0.2, 0.25) is 0 Å². The molecule has 2 N–H and O–H groups in total. The lowest BCUT2D eigenvalue weighted by molar-refractivity contribution is -0.134. The van der Waals surface area contributed by atoms with Crippen molar-refractivity contribution in [2.45, 2.75) is 12.8 Å². The third-order valence-electron chi connectivity index (χ3n) is 1.84. The van der Waals surface area contributed by atoms with Gasteiger partial charge in [0, 0.05) is 18.2 Å². The first-order valence-corrected chi connectivity index (χ1v) is 4.33. The fourth-order valence-electron chi connectivity index (χ4n) is 1.06. The minimum absolute atomic E-state index is 0.0941. The molecule has 82 valence electrons. The van der Waals surface area contributed by atoms with Crippen molar-refractivity contribution in [3.05, 3.63) is 29.8 Å². The van der Waals surface area contributed by atoms with Crippen molar-refractivity contribution < 1.29 is 18.7 Å². The summed E-state index contributed by atoms with van der Waals surface area (Å²) in [6.45, 7) is 0.578. The molecule has 0 aliphatic rings. The van der Waals surface area contributed by atoms with Crippen molar-refractivity contribution in [1.29, 1.82) is 0 Å². The maximum atomic E-state index is 12.8. The molecule has 15 heavy (non-hydrogen) atoms. The number of hydrogen-bond acceptors (Lipinski definition) is 2. The average Bonchev–Trinajstić information content (AvgIpc) is 2.14. The molecule has 0 saturated carbocycles. The molecule has 0 radical (unpaired) electrons. The quantitative estimate of drug-likeness (QED) is 0.810. The van der Waals surface area contributed by atoms with Crippen molar-refractivity contribution >= 4 is 11.7 Å². The zero-order valence-electron chi connectivity index (χ0n) is 8.13. The van der Waals surface area contributed by atoms with Crippen LogP contribution in [-0.2, 0) is 10.7 Å². The van der Waals surface area contributed by atoms with Gasteiger partial charge in [-0.2, -0.15) is 0 Å². The third-order valence-corrected chi connectivity index (χ3v) is 1.84. The lowest BCUT2D eigenvalue weighted by Crippen LogP contribution is -2.12. The second kappa shape index (κ2) is 4.25. The van der Waals surface area contributed by atoms with Gasteiger partial charge in [-0.05, 0) is 12.1 Å². The van der Waals surface area contributed by atoms with Crippen LogP contribution < -0.4 is 5.32 Å². The number of carboxylic acid groups (broad SMARTS) is 1. The molecule has 0 heterocycles. The van der Waals surface area contributed by atoms with Gasteiger partial charge < -0.3 is 10.4 Å². The zero-order chi connectivity index (χ0) is 11.5. The summed E-state index contributed by atoms with van der Waals surface area (Å²) in [5, 5.41) is 11.0. The summed E-state index contributed by atoms with van der Waals surface area (Å²) in [6.07, 6.45) is 0. The Balaban J connectivity index is 2.69. The van der Waals surface area contributed by atoms with Gasteiger partial charge in [-0.25, -0.2) is 8.78 Å². The van der Waals surface area contributed by atoms with Crippen LogP contribution in [0.2, 0.25) is 0 Å². The van der Waals surface area contributed by atoms with Crippen LogP contribution in [0.1, 0.15) is 12.5 Å². The number of anilines is 1. The van der Waals surface area contributed by atoms with Crippen molar-refractivity contribution in [1.82, 2.24) is 0 Å². The van der Waals surface area contributed by atoms with E-state index in [-0.39, 0.29) is 12.1 Å². The molecule has 0 amide bonds. The van der Waals surface area contributed by atoms with Gasteiger partial charge in [-0.1, -0.05) is 12.1 Å². The molecule has 3 nitrogen and oxygen atoms in total. The van der Waals surface area contributed by atoms with E-state index in [9.17, 15) is 13.6 Å². The molecule has 0 unspecified atom stereocenters. The molecular formula is C10H11F2NO2. The van der Waals surface area contributed by atoms with E-state index in [1.807, 2.05) is 0 Å². The summed E-state index contributed by atoms with van der Waals surface area (Å²) in [5.74, 6) is -3.87. The molecule has 0 aromatic heterocycles. The summed E-state index contributed by atoms with van der Waals surface area (Å²) in [4.78, 5) is 10.2. The Kier molecular flexibility index (Phi) is 3.24. The fourth-order valence-corrected chi connectivity index (χ4v) is 1.06. The van der Waals surface area contributed by atoms with Crippen molar-refractivity contribution in [2.75, 3.05) is 11.9 Å². The van der Waals surface area contributed by atoms with Gasteiger partial charge in [0.25, 0.3) is 5.92 Å². The lowest BCUT2D eigenvalue weighted by Gasteiger charge is -2.11. The highest BCUT2D eigenvalue weighted by molar-refractivity contribution is 5.72. The molecule has 0 aliphatic heterocycles. The average molecular weight is 215 g/mol. The number of carboxylic acids is 1. The first-order valence-electron chi connectivity index (χ1n) is 4.33. The van der Waals surface area contributed by atoms with E-state index in [1.165, 1.54) is 24.3 Å². The van der Waals surface area contributed by atoms with Gasteiger partial charge in [-0.3, -0.25) is 4.79 Å². The van der Waals surface area contributed by atoms with Crippen molar-refractivity contribution in [2.24, 2.45) is 0 Å². The summed E-state index contributed by atoms with van der Waals surface area (Å²) in [6, 6.07) is 5.39. The molecule has 1 aromatic carbocycles. The number of aliphatic carboxylic acids is 1. The fraction of sp³-hybridized carbons (Fsp3) is 0.300. The first kappa shape index (κ1) is 11.4. The highest BCUT2D eigenvalue weighted by atomic mass is 19.3. The summed E-state index contributed by atoms with van der Waals surface area (Å²) in [5.41, 5.74) is 0.411.